The molecular weight excluding hydrogens is 220 g/mol. The van der Waals surface area contributed by atoms with Crippen LogP contribution in [0, 0.1) is 0 Å². The van der Waals surface area contributed by atoms with Crippen LogP contribution in [0.3, 0.4) is 0 Å². The van der Waals surface area contributed by atoms with Crippen LogP contribution in [0.5, 0.6) is 0 Å². The Kier molecular flexibility index (Phi) is 3.11. The van der Waals surface area contributed by atoms with Crippen LogP contribution in [0.4, 0.5) is 5.69 Å². The van der Waals surface area contributed by atoms with E-state index in [2.05, 4.69) is 5.48 Å². The summed E-state index contributed by atoms with van der Waals surface area (Å²) in [5.74, 6) is -0.927. The zero-order chi connectivity index (χ0) is 12.3. The second kappa shape index (κ2) is 4.71. The lowest BCUT2D eigenvalue weighted by molar-refractivity contribution is -0.139. The molecule has 2 rings (SSSR count). The lowest BCUT2D eigenvalue weighted by Crippen LogP contribution is -2.18. The first-order valence-corrected chi connectivity index (χ1v) is 5.10. The number of hydrogen-bond donors (Lipinski definition) is 2. The molecule has 0 aliphatic heterocycles. The molecule has 1 atom stereocenters. The standard InChI is InChI=1S/C12H12N2O3/c15-12(16)11(9-4-2-1-3-5-9)14-7-6-10(8-14)13-17/h1-8,11,13,17H,(H,15,16)/p+1. The molecule has 0 aliphatic rings. The zero-order valence-electron chi connectivity index (χ0n) is 9.00. The van der Waals surface area contributed by atoms with Gasteiger partial charge in [0.15, 0.2) is 6.04 Å². The van der Waals surface area contributed by atoms with Crippen molar-refractivity contribution in [3.8, 4) is 0 Å². The third-order valence-corrected chi connectivity index (χ3v) is 2.51. The molecule has 1 aromatic carbocycles. The van der Waals surface area contributed by atoms with Gasteiger partial charge in [0, 0.05) is 12.4 Å². The molecule has 0 saturated carbocycles. The molecule has 1 unspecified atom stereocenters. The van der Waals surface area contributed by atoms with Crippen molar-refractivity contribution in [3.63, 3.8) is 0 Å². The largest absolute Gasteiger partial charge is 0.479 e. The van der Waals surface area contributed by atoms with Gasteiger partial charge in [-0.25, -0.2) is 4.79 Å². The average Bonchev–Trinajstić information content (AvgIpc) is 2.79. The second-order valence-electron chi connectivity index (χ2n) is 3.62. The summed E-state index contributed by atoms with van der Waals surface area (Å²) in [5, 5.41) is 16.3. The molecule has 2 aromatic rings. The summed E-state index contributed by atoms with van der Waals surface area (Å²) in [5.41, 5.74) is 3.49. The van der Waals surface area contributed by atoms with Gasteiger partial charge in [-0.2, -0.15) is 5.48 Å². The van der Waals surface area contributed by atoms with E-state index in [4.69, 9.17) is 5.21 Å². The molecule has 88 valence electrons. The molecule has 0 aliphatic carbocycles. The van der Waals surface area contributed by atoms with Gasteiger partial charge in [0.1, 0.15) is 5.69 Å². The van der Waals surface area contributed by atoms with E-state index in [1.54, 1.807) is 47.3 Å². The number of aromatic nitrogens is 1. The third kappa shape index (κ3) is 2.29. The number of nitrogens with one attached hydrogen (secondary N) is 1. The fourth-order valence-electron chi connectivity index (χ4n) is 1.73. The molecule has 0 spiro atoms. The van der Waals surface area contributed by atoms with E-state index in [-0.39, 0.29) is 0 Å². The van der Waals surface area contributed by atoms with Crippen molar-refractivity contribution in [1.82, 2.24) is 4.57 Å². The SMILES string of the molecule is O=C(O)C(c1ccccc1)n1ccc(N[OH2+])c1. The zero-order valence-corrected chi connectivity index (χ0v) is 9.00. The molecule has 0 fully saturated rings. The van der Waals surface area contributed by atoms with Crippen LogP contribution in [0.2, 0.25) is 0 Å². The van der Waals surface area contributed by atoms with Crippen molar-refractivity contribution in [2.24, 2.45) is 0 Å². The van der Waals surface area contributed by atoms with Crippen LogP contribution in [-0.2, 0) is 4.79 Å². The van der Waals surface area contributed by atoms with Crippen molar-refractivity contribution in [3.05, 3.63) is 54.4 Å². The number of rotatable bonds is 4. The number of carboxylic acid groups (broad SMARTS) is 1. The predicted octanol–water partition coefficient (Wildman–Crippen LogP) is 1.21. The molecule has 0 radical (unpaired) electrons. The van der Waals surface area contributed by atoms with Gasteiger partial charge in [-0.3, -0.25) is 0 Å². The first-order valence-electron chi connectivity index (χ1n) is 5.10. The highest BCUT2D eigenvalue weighted by atomic mass is 16.5. The maximum atomic E-state index is 11.3. The number of hydrogen-bond acceptors (Lipinski definition) is 2. The topological polar surface area (TPSA) is 77.2 Å². The summed E-state index contributed by atoms with van der Waals surface area (Å²) in [7, 11) is 0. The third-order valence-electron chi connectivity index (χ3n) is 2.51. The van der Waals surface area contributed by atoms with Gasteiger partial charge in [-0.05, 0) is 11.6 Å². The number of anilines is 1. The Bertz CT molecular complexity index is 507. The maximum absolute atomic E-state index is 11.3. The van der Waals surface area contributed by atoms with E-state index < -0.39 is 12.0 Å². The number of carboxylic acids is 1. The Balaban J connectivity index is 2.39. The molecule has 17 heavy (non-hydrogen) atoms. The fourth-order valence-corrected chi connectivity index (χ4v) is 1.73. The highest BCUT2D eigenvalue weighted by molar-refractivity contribution is 5.76. The van der Waals surface area contributed by atoms with Gasteiger partial charge in [0.2, 0.25) is 0 Å². The summed E-state index contributed by atoms with van der Waals surface area (Å²) >= 11 is 0. The van der Waals surface area contributed by atoms with Gasteiger partial charge in [0.05, 0.1) is 0 Å². The molecule has 0 amide bonds. The van der Waals surface area contributed by atoms with Crippen molar-refractivity contribution >= 4 is 11.7 Å². The maximum Gasteiger partial charge on any atom is 0.331 e. The van der Waals surface area contributed by atoms with E-state index in [0.717, 1.165) is 0 Å². The Morgan fingerprint density at radius 2 is 2.00 bits per heavy atom. The van der Waals surface area contributed by atoms with Crippen LogP contribution >= 0.6 is 0 Å². The van der Waals surface area contributed by atoms with E-state index in [0.29, 0.717) is 11.3 Å². The quantitative estimate of drug-likeness (QED) is 0.615. The molecular formula is C12H13N2O3+. The van der Waals surface area contributed by atoms with E-state index in [1.165, 1.54) is 0 Å². The van der Waals surface area contributed by atoms with Crippen molar-refractivity contribution in [2.45, 2.75) is 6.04 Å². The van der Waals surface area contributed by atoms with Gasteiger partial charge in [-0.1, -0.05) is 30.3 Å². The first kappa shape index (κ1) is 11.2. The summed E-state index contributed by atoms with van der Waals surface area (Å²) < 4.78 is 1.56. The van der Waals surface area contributed by atoms with Crippen LogP contribution in [0.25, 0.3) is 0 Å². The lowest BCUT2D eigenvalue weighted by Gasteiger charge is -2.14. The fraction of sp³-hybridized carbons (Fsp3) is 0.0833. The number of nitrogens with zero attached hydrogens (tertiary/aromatic N) is 1. The van der Waals surface area contributed by atoms with Crippen molar-refractivity contribution < 1.29 is 15.1 Å². The van der Waals surface area contributed by atoms with Gasteiger partial charge >= 0.3 is 5.97 Å². The van der Waals surface area contributed by atoms with Crippen LogP contribution in [0.1, 0.15) is 11.6 Å². The molecule has 1 aromatic heterocycles. The number of carbonyl (C=O) groups is 1. The normalized spacial score (nSPS) is 12.1. The Hall–Kier alpha value is -2.27. The highest BCUT2D eigenvalue weighted by Gasteiger charge is 2.21. The van der Waals surface area contributed by atoms with E-state index in [1.807, 2.05) is 6.07 Å². The Morgan fingerprint density at radius 1 is 1.29 bits per heavy atom. The first-order chi connectivity index (χ1) is 8.22. The van der Waals surface area contributed by atoms with Crippen LogP contribution in [0.15, 0.2) is 48.8 Å². The van der Waals surface area contributed by atoms with Crippen molar-refractivity contribution in [2.75, 3.05) is 5.48 Å². The van der Waals surface area contributed by atoms with Gasteiger partial charge < -0.3 is 14.9 Å². The van der Waals surface area contributed by atoms with Gasteiger partial charge in [-0.15, -0.1) is 0 Å². The minimum absolute atomic E-state index is 0.562. The molecule has 0 saturated heterocycles. The summed E-state index contributed by atoms with van der Waals surface area (Å²) in [6.07, 6.45) is 3.24. The van der Waals surface area contributed by atoms with E-state index in [9.17, 15) is 9.90 Å². The molecule has 0 bridgehead atoms. The second-order valence-corrected chi connectivity index (χ2v) is 3.62. The summed E-state index contributed by atoms with van der Waals surface area (Å²) in [6.45, 7) is 0. The number of aliphatic carboxylic acids is 1. The molecule has 4 N–H and O–H groups in total. The Morgan fingerprint density at radius 3 is 2.53 bits per heavy atom. The minimum atomic E-state index is -0.927. The van der Waals surface area contributed by atoms with Gasteiger partial charge in [0.25, 0.3) is 0 Å². The molecule has 5 heteroatoms. The van der Waals surface area contributed by atoms with Crippen LogP contribution < -0.4 is 5.48 Å². The highest BCUT2D eigenvalue weighted by Crippen LogP contribution is 2.21. The predicted molar refractivity (Wildman–Crippen MR) is 63.9 cm³/mol. The molecule has 5 nitrogen and oxygen atoms in total. The summed E-state index contributed by atoms with van der Waals surface area (Å²) in [4.78, 5) is 11.3. The average molecular weight is 233 g/mol. The monoisotopic (exact) mass is 233 g/mol. The minimum Gasteiger partial charge on any atom is -0.479 e. The lowest BCUT2D eigenvalue weighted by atomic mass is 10.1. The summed E-state index contributed by atoms with van der Waals surface area (Å²) in [6, 6.07) is 9.88. The van der Waals surface area contributed by atoms with E-state index >= 15 is 0 Å². The van der Waals surface area contributed by atoms with Crippen LogP contribution in [-0.4, -0.2) is 20.9 Å². The molecule has 1 heterocycles. The number of benzene rings is 1. The smallest absolute Gasteiger partial charge is 0.331 e. The Labute approximate surface area is 97.9 Å². The van der Waals surface area contributed by atoms with Crippen molar-refractivity contribution in [1.29, 1.82) is 0 Å².